The highest BCUT2D eigenvalue weighted by molar-refractivity contribution is 8.00. The molecule has 0 saturated heterocycles. The Morgan fingerprint density at radius 2 is 2.29 bits per heavy atom. The zero-order valence-electron chi connectivity index (χ0n) is 7.69. The third-order valence-electron chi connectivity index (χ3n) is 1.57. The van der Waals surface area contributed by atoms with Crippen LogP contribution in [0.25, 0.3) is 0 Å². The molecule has 0 aliphatic heterocycles. The lowest BCUT2D eigenvalue weighted by Gasteiger charge is -2.06. The van der Waals surface area contributed by atoms with Gasteiger partial charge in [0.2, 0.25) is 0 Å². The molecule has 0 aromatic carbocycles. The second kappa shape index (κ2) is 4.36. The summed E-state index contributed by atoms with van der Waals surface area (Å²) >= 11 is 0.867. The molecule has 0 radical (unpaired) electrons. The zero-order valence-corrected chi connectivity index (χ0v) is 8.51. The summed E-state index contributed by atoms with van der Waals surface area (Å²) in [4.78, 5) is 17.8. The minimum absolute atomic E-state index is 0.0763. The van der Waals surface area contributed by atoms with Crippen molar-refractivity contribution in [3.8, 4) is 0 Å². The van der Waals surface area contributed by atoms with Crippen molar-refractivity contribution in [2.24, 2.45) is 0 Å². The van der Waals surface area contributed by atoms with Gasteiger partial charge in [-0.2, -0.15) is 0 Å². The number of carboxylic acid groups (broad SMARTS) is 1. The van der Waals surface area contributed by atoms with Gasteiger partial charge in [0.15, 0.2) is 5.82 Å². The van der Waals surface area contributed by atoms with Crippen molar-refractivity contribution >= 4 is 17.7 Å². The van der Waals surface area contributed by atoms with E-state index in [9.17, 15) is 9.18 Å². The van der Waals surface area contributed by atoms with Crippen LogP contribution in [0.5, 0.6) is 0 Å². The monoisotopic (exact) mass is 216 g/mol. The highest BCUT2D eigenvalue weighted by Crippen LogP contribution is 2.24. The summed E-state index contributed by atoms with van der Waals surface area (Å²) in [5.74, 6) is -1.55. The predicted octanol–water partition coefficient (Wildman–Crippen LogP) is 1.49. The Labute approximate surface area is 84.6 Å². The van der Waals surface area contributed by atoms with Crippen molar-refractivity contribution < 1.29 is 14.3 Å². The molecule has 1 aromatic rings. The molecule has 4 nitrogen and oxygen atoms in total. The van der Waals surface area contributed by atoms with Crippen molar-refractivity contribution in [2.75, 3.05) is 0 Å². The van der Waals surface area contributed by atoms with E-state index in [1.807, 2.05) is 0 Å². The van der Waals surface area contributed by atoms with Crippen LogP contribution in [0, 0.1) is 12.7 Å². The fourth-order valence-corrected chi connectivity index (χ4v) is 1.53. The minimum atomic E-state index is -0.995. The lowest BCUT2D eigenvalue weighted by molar-refractivity contribution is -0.136. The number of nitrogens with zero attached hydrogens (tertiary/aromatic N) is 2. The molecule has 0 saturated carbocycles. The average Bonchev–Trinajstić information content (AvgIpc) is 2.12. The lowest BCUT2D eigenvalue weighted by Crippen LogP contribution is -2.12. The fraction of sp³-hybridized carbons (Fsp3) is 0.375. The summed E-state index contributed by atoms with van der Waals surface area (Å²) in [7, 11) is 0. The van der Waals surface area contributed by atoms with Gasteiger partial charge >= 0.3 is 5.97 Å². The van der Waals surface area contributed by atoms with E-state index in [1.165, 1.54) is 20.2 Å². The standard InChI is InChI=1S/C8H9FN2O2S/c1-4-6(9)7(11-3-10-4)14-5(2)8(12)13/h3,5H,1-2H3,(H,12,13). The quantitative estimate of drug-likeness (QED) is 0.612. The van der Waals surface area contributed by atoms with Crippen molar-refractivity contribution in [1.82, 2.24) is 9.97 Å². The van der Waals surface area contributed by atoms with Gasteiger partial charge in [-0.05, 0) is 13.8 Å². The number of hydrogen-bond acceptors (Lipinski definition) is 4. The first kappa shape index (κ1) is 10.9. The number of rotatable bonds is 3. The highest BCUT2D eigenvalue weighted by atomic mass is 32.2. The molecule has 1 rings (SSSR count). The van der Waals surface area contributed by atoms with Crippen LogP contribution in [0.4, 0.5) is 4.39 Å². The molecule has 1 atom stereocenters. The minimum Gasteiger partial charge on any atom is -0.480 e. The molecule has 1 N–H and O–H groups in total. The molecule has 0 fully saturated rings. The Kier molecular flexibility index (Phi) is 3.40. The summed E-state index contributed by atoms with van der Waals surface area (Å²) < 4.78 is 13.3. The van der Waals surface area contributed by atoms with Crippen LogP contribution in [0.1, 0.15) is 12.6 Å². The van der Waals surface area contributed by atoms with Crippen molar-refractivity contribution in [3.63, 3.8) is 0 Å². The topological polar surface area (TPSA) is 63.1 Å². The SMILES string of the molecule is Cc1ncnc(SC(C)C(=O)O)c1F. The molecule has 0 bridgehead atoms. The van der Waals surface area contributed by atoms with Crippen LogP contribution in [-0.4, -0.2) is 26.3 Å². The van der Waals surface area contributed by atoms with Crippen molar-refractivity contribution in [2.45, 2.75) is 24.1 Å². The van der Waals surface area contributed by atoms with Crippen LogP contribution in [0.15, 0.2) is 11.4 Å². The van der Waals surface area contributed by atoms with E-state index in [4.69, 9.17) is 5.11 Å². The van der Waals surface area contributed by atoms with E-state index in [-0.39, 0.29) is 10.7 Å². The van der Waals surface area contributed by atoms with Gasteiger partial charge in [0, 0.05) is 0 Å². The van der Waals surface area contributed by atoms with Crippen LogP contribution >= 0.6 is 11.8 Å². The van der Waals surface area contributed by atoms with Crippen molar-refractivity contribution in [1.29, 1.82) is 0 Å². The molecule has 0 spiro atoms. The highest BCUT2D eigenvalue weighted by Gasteiger charge is 2.17. The molecule has 14 heavy (non-hydrogen) atoms. The zero-order chi connectivity index (χ0) is 10.7. The summed E-state index contributed by atoms with van der Waals surface area (Å²) in [6.07, 6.45) is 1.22. The van der Waals surface area contributed by atoms with E-state index >= 15 is 0 Å². The summed E-state index contributed by atoms with van der Waals surface area (Å²) in [5.41, 5.74) is 0.222. The molecular weight excluding hydrogens is 207 g/mol. The lowest BCUT2D eigenvalue weighted by atomic mass is 10.4. The first-order valence-corrected chi connectivity index (χ1v) is 4.77. The number of carboxylic acids is 1. The Morgan fingerprint density at radius 3 is 2.86 bits per heavy atom. The Bertz CT molecular complexity index is 359. The second-order valence-corrected chi connectivity index (χ2v) is 4.01. The van der Waals surface area contributed by atoms with Crippen molar-refractivity contribution in [3.05, 3.63) is 17.8 Å². The third-order valence-corrected chi connectivity index (χ3v) is 2.63. The van der Waals surface area contributed by atoms with Gasteiger partial charge in [-0.15, -0.1) is 0 Å². The number of halogens is 1. The van der Waals surface area contributed by atoms with E-state index in [0.717, 1.165) is 11.8 Å². The summed E-state index contributed by atoms with van der Waals surface area (Å²) in [6.45, 7) is 2.98. The smallest absolute Gasteiger partial charge is 0.316 e. The van der Waals surface area contributed by atoms with Gasteiger partial charge in [-0.3, -0.25) is 4.79 Å². The third kappa shape index (κ3) is 2.41. The predicted molar refractivity (Wildman–Crippen MR) is 49.7 cm³/mol. The largest absolute Gasteiger partial charge is 0.480 e. The molecule has 1 heterocycles. The number of hydrogen-bond donors (Lipinski definition) is 1. The molecule has 0 aliphatic carbocycles. The maximum Gasteiger partial charge on any atom is 0.316 e. The maximum atomic E-state index is 13.3. The van der Waals surface area contributed by atoms with Gasteiger partial charge in [-0.1, -0.05) is 11.8 Å². The number of aryl methyl sites for hydroxylation is 1. The number of aliphatic carboxylic acids is 1. The average molecular weight is 216 g/mol. The molecular formula is C8H9FN2O2S. The van der Waals surface area contributed by atoms with Gasteiger partial charge in [0.1, 0.15) is 16.6 Å². The Morgan fingerprint density at radius 1 is 1.64 bits per heavy atom. The number of aromatic nitrogens is 2. The van der Waals surface area contributed by atoms with E-state index in [2.05, 4.69) is 9.97 Å². The fourth-order valence-electron chi connectivity index (χ4n) is 0.736. The van der Waals surface area contributed by atoms with Gasteiger partial charge < -0.3 is 5.11 Å². The molecule has 1 unspecified atom stereocenters. The van der Waals surface area contributed by atoms with Crippen LogP contribution in [0.3, 0.4) is 0 Å². The molecule has 6 heteroatoms. The molecule has 0 aliphatic rings. The van der Waals surface area contributed by atoms with Crippen LogP contribution < -0.4 is 0 Å². The van der Waals surface area contributed by atoms with Crippen LogP contribution in [-0.2, 0) is 4.79 Å². The number of carbonyl (C=O) groups is 1. The van der Waals surface area contributed by atoms with E-state index in [0.29, 0.717) is 0 Å². The normalized spacial score (nSPS) is 12.5. The Balaban J connectivity index is 2.87. The molecule has 76 valence electrons. The van der Waals surface area contributed by atoms with E-state index in [1.54, 1.807) is 0 Å². The Hall–Kier alpha value is -1.17. The van der Waals surface area contributed by atoms with Gasteiger partial charge in [0.25, 0.3) is 0 Å². The molecule has 0 amide bonds. The van der Waals surface area contributed by atoms with Gasteiger partial charge in [-0.25, -0.2) is 14.4 Å². The maximum absolute atomic E-state index is 13.3. The van der Waals surface area contributed by atoms with Crippen LogP contribution in [0.2, 0.25) is 0 Å². The van der Waals surface area contributed by atoms with E-state index < -0.39 is 17.0 Å². The summed E-state index contributed by atoms with van der Waals surface area (Å²) in [5, 5.41) is 7.97. The van der Waals surface area contributed by atoms with Gasteiger partial charge in [0.05, 0.1) is 5.69 Å². The first-order valence-electron chi connectivity index (χ1n) is 3.89. The first-order chi connectivity index (χ1) is 6.52. The summed E-state index contributed by atoms with van der Waals surface area (Å²) in [6, 6.07) is 0. The molecule has 1 aromatic heterocycles. The second-order valence-electron chi connectivity index (χ2n) is 2.68. The number of thioether (sulfide) groups is 1.